The van der Waals surface area contributed by atoms with Crippen molar-refractivity contribution in [1.29, 1.82) is 0 Å². The molecule has 1 N–H and O–H groups in total. The van der Waals surface area contributed by atoms with Gasteiger partial charge in [0.15, 0.2) is 0 Å². The van der Waals surface area contributed by atoms with Crippen LogP contribution in [0, 0.1) is 0 Å². The predicted octanol–water partition coefficient (Wildman–Crippen LogP) is 2.25. The Morgan fingerprint density at radius 3 is 2.67 bits per heavy atom. The Balaban J connectivity index is 2.76. The molecule has 0 heterocycles. The predicted molar refractivity (Wildman–Crippen MR) is 68.4 cm³/mol. The first-order chi connectivity index (χ1) is 8.51. The smallest absolute Gasteiger partial charge is 0.305 e. The summed E-state index contributed by atoms with van der Waals surface area (Å²) in [6.07, 6.45) is 0.477. The molecule has 0 aliphatic heterocycles. The van der Waals surface area contributed by atoms with E-state index in [1.54, 1.807) is 33.1 Å². The second-order valence-electron chi connectivity index (χ2n) is 4.28. The topological polar surface area (TPSA) is 55.8 Å². The Morgan fingerprint density at radius 1 is 1.39 bits per heavy atom. The van der Waals surface area contributed by atoms with Gasteiger partial charge in [0, 0.05) is 12.0 Å². The number of methoxy groups -OCH3 is 1. The standard InChI is InChI=1S/C14H20O4/c1-4-18-13(15)9-10-14(2,16)11-7-5-6-8-12(11)17-3/h5-8,16H,4,9-10H2,1-3H3. The molecule has 0 aliphatic rings. The lowest BCUT2D eigenvalue weighted by molar-refractivity contribution is -0.144. The molecule has 0 fully saturated rings. The van der Waals surface area contributed by atoms with Gasteiger partial charge in [-0.25, -0.2) is 0 Å². The lowest BCUT2D eigenvalue weighted by Crippen LogP contribution is -2.23. The Morgan fingerprint density at radius 2 is 2.06 bits per heavy atom. The third kappa shape index (κ3) is 3.74. The van der Waals surface area contributed by atoms with Gasteiger partial charge >= 0.3 is 5.97 Å². The van der Waals surface area contributed by atoms with Gasteiger partial charge in [-0.2, -0.15) is 0 Å². The zero-order valence-electron chi connectivity index (χ0n) is 11.1. The first-order valence-electron chi connectivity index (χ1n) is 6.02. The maximum Gasteiger partial charge on any atom is 0.305 e. The first kappa shape index (κ1) is 14.5. The van der Waals surface area contributed by atoms with Crippen molar-refractivity contribution in [1.82, 2.24) is 0 Å². The molecule has 1 aromatic rings. The van der Waals surface area contributed by atoms with Crippen molar-refractivity contribution in [3.8, 4) is 5.75 Å². The molecule has 0 saturated heterocycles. The molecule has 0 radical (unpaired) electrons. The van der Waals surface area contributed by atoms with E-state index in [9.17, 15) is 9.90 Å². The molecule has 0 spiro atoms. The minimum Gasteiger partial charge on any atom is -0.496 e. The summed E-state index contributed by atoms with van der Waals surface area (Å²) in [6.45, 7) is 3.79. The normalized spacial score (nSPS) is 13.8. The van der Waals surface area contributed by atoms with Crippen molar-refractivity contribution in [3.63, 3.8) is 0 Å². The third-order valence-electron chi connectivity index (χ3n) is 2.81. The number of carbonyl (C=O) groups excluding carboxylic acids is 1. The molecule has 1 aromatic carbocycles. The molecule has 0 saturated carbocycles. The van der Waals surface area contributed by atoms with Crippen LogP contribution < -0.4 is 4.74 Å². The zero-order chi connectivity index (χ0) is 13.6. The van der Waals surface area contributed by atoms with Crippen LogP contribution >= 0.6 is 0 Å². The van der Waals surface area contributed by atoms with Crippen molar-refractivity contribution in [2.24, 2.45) is 0 Å². The number of benzene rings is 1. The summed E-state index contributed by atoms with van der Waals surface area (Å²) in [4.78, 5) is 11.3. The van der Waals surface area contributed by atoms with Gasteiger partial charge in [0.2, 0.25) is 0 Å². The van der Waals surface area contributed by atoms with Crippen molar-refractivity contribution >= 4 is 5.97 Å². The molecule has 1 unspecified atom stereocenters. The van der Waals surface area contributed by atoms with E-state index >= 15 is 0 Å². The Bertz CT molecular complexity index is 399. The van der Waals surface area contributed by atoms with E-state index in [4.69, 9.17) is 9.47 Å². The largest absolute Gasteiger partial charge is 0.496 e. The summed E-state index contributed by atoms with van der Waals surface area (Å²) < 4.78 is 10.1. The molecular weight excluding hydrogens is 232 g/mol. The second kappa shape index (κ2) is 6.40. The number of esters is 1. The highest BCUT2D eigenvalue weighted by Crippen LogP contribution is 2.33. The summed E-state index contributed by atoms with van der Waals surface area (Å²) in [5.74, 6) is 0.319. The lowest BCUT2D eigenvalue weighted by Gasteiger charge is -2.25. The van der Waals surface area contributed by atoms with E-state index in [1.807, 2.05) is 12.1 Å². The number of aliphatic hydroxyl groups is 1. The van der Waals surface area contributed by atoms with Crippen LogP contribution in [0.15, 0.2) is 24.3 Å². The minimum absolute atomic E-state index is 0.179. The fourth-order valence-electron chi connectivity index (χ4n) is 1.80. The average Bonchev–Trinajstić information content (AvgIpc) is 2.37. The summed E-state index contributed by atoms with van der Waals surface area (Å²) in [5, 5.41) is 10.4. The van der Waals surface area contributed by atoms with Crippen LogP contribution in [0.1, 0.15) is 32.3 Å². The molecule has 1 rings (SSSR count). The van der Waals surface area contributed by atoms with E-state index in [-0.39, 0.29) is 12.4 Å². The van der Waals surface area contributed by atoms with Crippen LogP contribution in [0.5, 0.6) is 5.75 Å². The monoisotopic (exact) mass is 252 g/mol. The Labute approximate surface area is 108 Å². The molecule has 18 heavy (non-hydrogen) atoms. The lowest BCUT2D eigenvalue weighted by atomic mass is 9.90. The highest BCUT2D eigenvalue weighted by atomic mass is 16.5. The highest BCUT2D eigenvalue weighted by molar-refractivity contribution is 5.69. The Kier molecular flexibility index (Phi) is 5.16. The van der Waals surface area contributed by atoms with Crippen LogP contribution in [0.3, 0.4) is 0 Å². The van der Waals surface area contributed by atoms with Gasteiger partial charge in [0.25, 0.3) is 0 Å². The molecule has 0 aromatic heterocycles. The zero-order valence-corrected chi connectivity index (χ0v) is 11.1. The van der Waals surface area contributed by atoms with Crippen LogP contribution in [-0.4, -0.2) is 24.8 Å². The summed E-state index contributed by atoms with van der Waals surface area (Å²) >= 11 is 0. The molecule has 100 valence electrons. The van der Waals surface area contributed by atoms with E-state index in [0.717, 1.165) is 0 Å². The maximum atomic E-state index is 11.3. The number of hydrogen-bond acceptors (Lipinski definition) is 4. The number of rotatable bonds is 6. The molecular formula is C14H20O4. The minimum atomic E-state index is -1.11. The van der Waals surface area contributed by atoms with Crippen molar-refractivity contribution in [2.75, 3.05) is 13.7 Å². The van der Waals surface area contributed by atoms with Gasteiger partial charge in [0.1, 0.15) is 5.75 Å². The number of para-hydroxylation sites is 1. The van der Waals surface area contributed by atoms with E-state index < -0.39 is 5.60 Å². The second-order valence-corrected chi connectivity index (χ2v) is 4.28. The maximum absolute atomic E-state index is 11.3. The summed E-state index contributed by atoms with van der Waals surface area (Å²) in [7, 11) is 1.56. The van der Waals surface area contributed by atoms with E-state index in [1.165, 1.54) is 0 Å². The molecule has 4 heteroatoms. The summed E-state index contributed by atoms with van der Waals surface area (Å²) in [6, 6.07) is 7.25. The highest BCUT2D eigenvalue weighted by Gasteiger charge is 2.27. The van der Waals surface area contributed by atoms with Gasteiger partial charge in [-0.3, -0.25) is 4.79 Å². The van der Waals surface area contributed by atoms with Gasteiger partial charge in [0.05, 0.1) is 19.3 Å². The van der Waals surface area contributed by atoms with Gasteiger partial charge < -0.3 is 14.6 Å². The fraction of sp³-hybridized carbons (Fsp3) is 0.500. The molecule has 0 bridgehead atoms. The van der Waals surface area contributed by atoms with Gasteiger partial charge in [-0.05, 0) is 26.3 Å². The first-order valence-corrected chi connectivity index (χ1v) is 6.02. The third-order valence-corrected chi connectivity index (χ3v) is 2.81. The number of carbonyl (C=O) groups is 1. The average molecular weight is 252 g/mol. The van der Waals surface area contributed by atoms with E-state index in [0.29, 0.717) is 24.3 Å². The molecule has 0 aliphatic carbocycles. The van der Waals surface area contributed by atoms with Crippen LogP contribution in [0.4, 0.5) is 0 Å². The Hall–Kier alpha value is -1.55. The number of ether oxygens (including phenoxy) is 2. The van der Waals surface area contributed by atoms with Crippen LogP contribution in [0.25, 0.3) is 0 Å². The SMILES string of the molecule is CCOC(=O)CCC(C)(O)c1ccccc1OC. The number of hydrogen-bond donors (Lipinski definition) is 1. The van der Waals surface area contributed by atoms with Gasteiger partial charge in [-0.1, -0.05) is 18.2 Å². The molecule has 1 atom stereocenters. The summed E-state index contributed by atoms with van der Waals surface area (Å²) in [5.41, 5.74) is -0.434. The molecule has 4 nitrogen and oxygen atoms in total. The molecule has 0 amide bonds. The van der Waals surface area contributed by atoms with Crippen molar-refractivity contribution in [2.45, 2.75) is 32.3 Å². The van der Waals surface area contributed by atoms with E-state index in [2.05, 4.69) is 0 Å². The van der Waals surface area contributed by atoms with Gasteiger partial charge in [-0.15, -0.1) is 0 Å². The fourth-order valence-corrected chi connectivity index (χ4v) is 1.80. The van der Waals surface area contributed by atoms with Crippen molar-refractivity contribution < 1.29 is 19.4 Å². The van der Waals surface area contributed by atoms with Crippen LogP contribution in [-0.2, 0) is 15.1 Å². The van der Waals surface area contributed by atoms with Crippen LogP contribution in [0.2, 0.25) is 0 Å². The van der Waals surface area contributed by atoms with Crippen molar-refractivity contribution in [3.05, 3.63) is 29.8 Å². The quantitative estimate of drug-likeness (QED) is 0.789.